The molecule has 100 valence electrons. The van der Waals surface area contributed by atoms with E-state index in [9.17, 15) is 9.59 Å². The molecular weight excluding hydrogens is 232 g/mol. The molecule has 4 aliphatic rings. The Morgan fingerprint density at radius 2 is 1.83 bits per heavy atom. The Hall–Kier alpha value is -1.10. The first-order valence-electron chi connectivity index (χ1n) is 6.50. The molecule has 0 aromatic heterocycles. The van der Waals surface area contributed by atoms with Crippen LogP contribution in [0.5, 0.6) is 0 Å². The van der Waals surface area contributed by atoms with E-state index in [0.29, 0.717) is 18.9 Å². The van der Waals surface area contributed by atoms with E-state index in [0.717, 1.165) is 19.3 Å². The van der Waals surface area contributed by atoms with Crippen molar-refractivity contribution >= 4 is 11.9 Å². The van der Waals surface area contributed by atoms with Crippen molar-refractivity contribution in [3.8, 4) is 0 Å². The summed E-state index contributed by atoms with van der Waals surface area (Å²) in [6, 6.07) is 0. The number of nitrogens with zero attached hydrogens (tertiary/aromatic N) is 1. The highest BCUT2D eigenvalue weighted by Crippen LogP contribution is 2.64. The van der Waals surface area contributed by atoms with Gasteiger partial charge in [-0.1, -0.05) is 0 Å². The highest BCUT2D eigenvalue weighted by atomic mass is 16.6. The molecule has 5 nitrogen and oxygen atoms in total. The van der Waals surface area contributed by atoms with E-state index in [1.807, 2.05) is 20.8 Å². The largest absolute Gasteiger partial charge is 0.444 e. The lowest BCUT2D eigenvalue weighted by Crippen LogP contribution is -2.86. The van der Waals surface area contributed by atoms with Crippen molar-refractivity contribution in [2.75, 3.05) is 13.1 Å². The SMILES string of the molecule is CC(C)(C)OC(=O)NC12CC(N3CC(=O)C3)(C1)C2. The smallest absolute Gasteiger partial charge is 0.408 e. The summed E-state index contributed by atoms with van der Waals surface area (Å²) < 4.78 is 5.27. The molecule has 0 aromatic rings. The number of nitrogens with one attached hydrogen (secondary N) is 1. The van der Waals surface area contributed by atoms with Crippen LogP contribution in [-0.4, -0.2) is 46.5 Å². The average Bonchev–Trinajstić information content (AvgIpc) is 2.00. The molecule has 0 aromatic carbocycles. The van der Waals surface area contributed by atoms with Gasteiger partial charge in [-0.2, -0.15) is 0 Å². The average molecular weight is 252 g/mol. The second kappa shape index (κ2) is 3.26. The molecule has 1 amide bonds. The van der Waals surface area contributed by atoms with E-state index in [2.05, 4.69) is 10.2 Å². The Balaban J connectivity index is 1.48. The Morgan fingerprint density at radius 1 is 1.28 bits per heavy atom. The molecule has 0 spiro atoms. The zero-order valence-corrected chi connectivity index (χ0v) is 11.2. The van der Waals surface area contributed by atoms with Crippen molar-refractivity contribution < 1.29 is 14.3 Å². The third kappa shape index (κ3) is 1.72. The van der Waals surface area contributed by atoms with Gasteiger partial charge in [-0.3, -0.25) is 9.69 Å². The predicted molar refractivity (Wildman–Crippen MR) is 65.3 cm³/mol. The first-order valence-corrected chi connectivity index (χ1v) is 6.50. The molecule has 1 saturated heterocycles. The van der Waals surface area contributed by atoms with Crippen molar-refractivity contribution in [3.63, 3.8) is 0 Å². The Kier molecular flexibility index (Phi) is 2.17. The third-order valence-corrected chi connectivity index (χ3v) is 4.17. The quantitative estimate of drug-likeness (QED) is 0.798. The van der Waals surface area contributed by atoms with Gasteiger partial charge >= 0.3 is 6.09 Å². The van der Waals surface area contributed by atoms with Gasteiger partial charge in [0.2, 0.25) is 0 Å². The lowest BCUT2D eigenvalue weighted by Gasteiger charge is -2.74. The number of ether oxygens (including phenoxy) is 1. The number of amides is 1. The van der Waals surface area contributed by atoms with Gasteiger partial charge in [-0.25, -0.2) is 4.79 Å². The lowest BCUT2D eigenvalue weighted by atomic mass is 9.43. The zero-order valence-electron chi connectivity index (χ0n) is 11.2. The monoisotopic (exact) mass is 252 g/mol. The van der Waals surface area contributed by atoms with Crippen LogP contribution in [-0.2, 0) is 9.53 Å². The number of alkyl carbamates (subject to hydrolysis) is 1. The fraction of sp³-hybridized carbons (Fsp3) is 0.846. The van der Waals surface area contributed by atoms with Gasteiger partial charge < -0.3 is 10.1 Å². The second-order valence-electron chi connectivity index (χ2n) is 7.06. The number of Topliss-reactive ketones (excluding diaryl/α,β-unsaturated/α-hetero) is 1. The minimum Gasteiger partial charge on any atom is -0.444 e. The van der Waals surface area contributed by atoms with Crippen LogP contribution in [0, 0.1) is 0 Å². The normalized spacial score (nSPS) is 38.3. The van der Waals surface area contributed by atoms with Gasteiger partial charge in [0.15, 0.2) is 5.78 Å². The molecule has 1 aliphatic heterocycles. The van der Waals surface area contributed by atoms with E-state index in [1.165, 1.54) is 0 Å². The molecule has 3 aliphatic carbocycles. The molecule has 0 radical (unpaired) electrons. The number of ketones is 1. The number of hydrogen-bond acceptors (Lipinski definition) is 4. The first-order chi connectivity index (χ1) is 8.22. The summed E-state index contributed by atoms with van der Waals surface area (Å²) in [6.07, 6.45) is 2.57. The minimum atomic E-state index is -0.449. The molecule has 3 saturated carbocycles. The molecule has 1 N–H and O–H groups in total. The summed E-state index contributed by atoms with van der Waals surface area (Å²) in [5.74, 6) is 0.328. The second-order valence-corrected chi connectivity index (χ2v) is 7.06. The van der Waals surface area contributed by atoms with Gasteiger partial charge in [0.25, 0.3) is 0 Å². The fourth-order valence-corrected chi connectivity index (χ4v) is 3.44. The highest BCUT2D eigenvalue weighted by Gasteiger charge is 2.72. The number of carbonyl (C=O) groups excluding carboxylic acids is 2. The van der Waals surface area contributed by atoms with Crippen LogP contribution in [0.2, 0.25) is 0 Å². The molecule has 1 heterocycles. The maximum absolute atomic E-state index is 11.7. The van der Waals surface area contributed by atoms with Crippen LogP contribution in [0.25, 0.3) is 0 Å². The van der Waals surface area contributed by atoms with E-state index in [-0.39, 0.29) is 17.2 Å². The number of carbonyl (C=O) groups is 2. The summed E-state index contributed by atoms with van der Waals surface area (Å²) >= 11 is 0. The molecule has 0 atom stereocenters. The Bertz CT molecular complexity index is 397. The third-order valence-electron chi connectivity index (χ3n) is 4.17. The summed E-state index contributed by atoms with van der Waals surface area (Å²) in [4.78, 5) is 24.9. The van der Waals surface area contributed by atoms with Crippen molar-refractivity contribution in [1.82, 2.24) is 10.2 Å². The molecule has 5 heteroatoms. The first kappa shape index (κ1) is 12.0. The standard InChI is InChI=1S/C13H20N2O3/c1-11(2,3)18-10(17)14-12-6-13(7-12,8-12)15-4-9(16)5-15/h4-8H2,1-3H3,(H,14,17). The number of rotatable bonds is 2. The summed E-state index contributed by atoms with van der Waals surface area (Å²) in [6.45, 7) is 6.79. The van der Waals surface area contributed by atoms with Crippen molar-refractivity contribution in [2.45, 2.75) is 56.7 Å². The van der Waals surface area contributed by atoms with Crippen LogP contribution >= 0.6 is 0 Å². The maximum Gasteiger partial charge on any atom is 0.408 e. The Labute approximate surface area is 107 Å². The van der Waals surface area contributed by atoms with Crippen LogP contribution < -0.4 is 5.32 Å². The van der Waals surface area contributed by atoms with Crippen LogP contribution in [0.15, 0.2) is 0 Å². The number of likely N-dealkylation sites (tertiary alicyclic amines) is 1. The van der Waals surface area contributed by atoms with Gasteiger partial charge in [0.05, 0.1) is 13.1 Å². The van der Waals surface area contributed by atoms with E-state index < -0.39 is 5.60 Å². The predicted octanol–water partition coefficient (Wildman–Crippen LogP) is 1.07. The fourth-order valence-electron chi connectivity index (χ4n) is 3.44. The van der Waals surface area contributed by atoms with Gasteiger partial charge in [0.1, 0.15) is 5.60 Å². The lowest BCUT2D eigenvalue weighted by molar-refractivity contribution is -0.196. The summed E-state index contributed by atoms with van der Waals surface area (Å²) in [7, 11) is 0. The highest BCUT2D eigenvalue weighted by molar-refractivity contribution is 5.88. The van der Waals surface area contributed by atoms with E-state index in [4.69, 9.17) is 4.74 Å². The van der Waals surface area contributed by atoms with Crippen molar-refractivity contribution in [1.29, 1.82) is 0 Å². The van der Waals surface area contributed by atoms with Gasteiger partial charge in [0, 0.05) is 11.1 Å². The maximum atomic E-state index is 11.7. The minimum absolute atomic E-state index is 0.0546. The van der Waals surface area contributed by atoms with Crippen molar-refractivity contribution in [2.24, 2.45) is 0 Å². The van der Waals surface area contributed by atoms with Crippen LogP contribution in [0.3, 0.4) is 0 Å². The van der Waals surface area contributed by atoms with Crippen LogP contribution in [0.1, 0.15) is 40.0 Å². The molecule has 18 heavy (non-hydrogen) atoms. The molecule has 0 unspecified atom stereocenters. The van der Waals surface area contributed by atoms with Gasteiger partial charge in [-0.05, 0) is 40.0 Å². The summed E-state index contributed by atoms with van der Waals surface area (Å²) in [5, 5.41) is 2.98. The molecule has 4 fully saturated rings. The summed E-state index contributed by atoms with van der Waals surface area (Å²) in [5.41, 5.74) is -0.293. The van der Waals surface area contributed by atoms with Gasteiger partial charge in [-0.15, -0.1) is 0 Å². The topological polar surface area (TPSA) is 58.6 Å². The Morgan fingerprint density at radius 3 is 2.28 bits per heavy atom. The van der Waals surface area contributed by atoms with Crippen molar-refractivity contribution in [3.05, 3.63) is 0 Å². The molecule has 2 bridgehead atoms. The van der Waals surface area contributed by atoms with E-state index >= 15 is 0 Å². The molecular formula is C13H20N2O3. The van der Waals surface area contributed by atoms with E-state index in [1.54, 1.807) is 0 Å². The number of hydrogen-bond donors (Lipinski definition) is 1. The van der Waals surface area contributed by atoms with Crippen LogP contribution in [0.4, 0.5) is 4.79 Å². The zero-order chi connectivity index (χ0) is 13.2. The molecule has 4 rings (SSSR count).